The van der Waals surface area contributed by atoms with E-state index in [4.69, 9.17) is 0 Å². The van der Waals surface area contributed by atoms with Crippen LogP contribution in [0.3, 0.4) is 0 Å². The van der Waals surface area contributed by atoms with Crippen molar-refractivity contribution in [3.8, 4) is 22.5 Å². The second-order valence-corrected chi connectivity index (χ2v) is 8.54. The van der Waals surface area contributed by atoms with Crippen LogP contribution in [0.4, 0.5) is 0 Å². The van der Waals surface area contributed by atoms with Crippen LogP contribution in [0.1, 0.15) is 47.3 Å². The SMILES string of the molecule is CCCCn1nc(C(=O)Cc2ccccc2)nc1Cc1ccc(-c2ccncc2-c2nn[nH]n2)cc1. The van der Waals surface area contributed by atoms with E-state index in [1.807, 2.05) is 41.1 Å². The molecule has 0 aliphatic rings. The Morgan fingerprint density at radius 3 is 2.56 bits per heavy atom. The van der Waals surface area contributed by atoms with Crippen molar-refractivity contribution in [1.29, 1.82) is 0 Å². The Kier molecular flexibility index (Phi) is 6.98. The third kappa shape index (κ3) is 5.25. The van der Waals surface area contributed by atoms with Gasteiger partial charge in [-0.1, -0.05) is 67.9 Å². The van der Waals surface area contributed by atoms with Crippen molar-refractivity contribution in [2.24, 2.45) is 0 Å². The molecule has 0 unspecified atom stereocenters. The number of carbonyl (C=O) groups is 1. The number of aromatic amines is 1. The van der Waals surface area contributed by atoms with Crippen LogP contribution in [-0.4, -0.2) is 46.2 Å². The Balaban J connectivity index is 1.37. The van der Waals surface area contributed by atoms with Crippen LogP contribution in [0.15, 0.2) is 73.1 Å². The van der Waals surface area contributed by atoms with E-state index in [1.165, 1.54) is 0 Å². The van der Waals surface area contributed by atoms with Gasteiger partial charge in [0, 0.05) is 37.3 Å². The number of ketones is 1. The minimum Gasteiger partial charge on any atom is -0.290 e. The Morgan fingerprint density at radius 1 is 0.972 bits per heavy atom. The van der Waals surface area contributed by atoms with Gasteiger partial charge in [0.15, 0.2) is 0 Å². The molecule has 5 aromatic rings. The second kappa shape index (κ2) is 10.8. The Bertz CT molecular complexity index is 1430. The van der Waals surface area contributed by atoms with Gasteiger partial charge < -0.3 is 0 Å². The zero-order chi connectivity index (χ0) is 24.7. The molecule has 0 aliphatic carbocycles. The minimum absolute atomic E-state index is 0.0697. The number of nitrogens with zero attached hydrogens (tertiary/aromatic N) is 7. The number of Topliss-reactive ketones (excluding diaryl/α,β-unsaturated/α-hetero) is 1. The highest BCUT2D eigenvalue weighted by Crippen LogP contribution is 2.29. The lowest BCUT2D eigenvalue weighted by Crippen LogP contribution is -2.08. The third-order valence-corrected chi connectivity index (χ3v) is 5.96. The molecule has 3 heterocycles. The van der Waals surface area contributed by atoms with Crippen molar-refractivity contribution in [3.05, 3.63) is 95.8 Å². The zero-order valence-corrected chi connectivity index (χ0v) is 20.0. The average Bonchev–Trinajstić information content (AvgIpc) is 3.59. The fourth-order valence-electron chi connectivity index (χ4n) is 4.06. The number of pyridine rings is 1. The molecular formula is C27H26N8O. The first-order valence-electron chi connectivity index (χ1n) is 12.0. The van der Waals surface area contributed by atoms with Crippen molar-refractivity contribution in [1.82, 2.24) is 40.4 Å². The van der Waals surface area contributed by atoms with E-state index in [9.17, 15) is 4.79 Å². The Morgan fingerprint density at radius 2 is 1.81 bits per heavy atom. The molecule has 0 amide bonds. The van der Waals surface area contributed by atoms with Crippen LogP contribution >= 0.6 is 0 Å². The number of hydrogen-bond acceptors (Lipinski definition) is 7. The summed E-state index contributed by atoms with van der Waals surface area (Å²) in [6, 6.07) is 19.9. The molecule has 0 radical (unpaired) electrons. The summed E-state index contributed by atoms with van der Waals surface area (Å²) >= 11 is 0. The summed E-state index contributed by atoms with van der Waals surface area (Å²) in [5, 5.41) is 18.9. The summed E-state index contributed by atoms with van der Waals surface area (Å²) in [7, 11) is 0. The molecule has 9 nitrogen and oxygen atoms in total. The number of benzene rings is 2. The van der Waals surface area contributed by atoms with Gasteiger partial charge >= 0.3 is 0 Å². The van der Waals surface area contributed by atoms with Gasteiger partial charge in [0.05, 0.1) is 0 Å². The fraction of sp³-hybridized carbons (Fsp3) is 0.222. The van der Waals surface area contributed by atoms with E-state index in [2.05, 4.69) is 66.9 Å². The summed E-state index contributed by atoms with van der Waals surface area (Å²) in [5.74, 6) is 1.51. The number of carbonyl (C=O) groups excluding carboxylic acids is 1. The molecule has 5 rings (SSSR count). The van der Waals surface area contributed by atoms with Gasteiger partial charge in [-0.05, 0) is 40.0 Å². The predicted molar refractivity (Wildman–Crippen MR) is 135 cm³/mol. The lowest BCUT2D eigenvalue weighted by atomic mass is 9.99. The maximum absolute atomic E-state index is 12.9. The van der Waals surface area contributed by atoms with Crippen LogP contribution < -0.4 is 0 Å². The summed E-state index contributed by atoms with van der Waals surface area (Å²) < 4.78 is 1.88. The topological polar surface area (TPSA) is 115 Å². The van der Waals surface area contributed by atoms with Gasteiger partial charge in [-0.15, -0.1) is 15.3 Å². The molecule has 0 saturated heterocycles. The summed E-state index contributed by atoms with van der Waals surface area (Å²) in [4.78, 5) is 21.7. The van der Waals surface area contributed by atoms with Crippen molar-refractivity contribution in [2.45, 2.75) is 39.2 Å². The maximum Gasteiger partial charge on any atom is 0.217 e. The van der Waals surface area contributed by atoms with E-state index in [-0.39, 0.29) is 11.6 Å². The van der Waals surface area contributed by atoms with Crippen molar-refractivity contribution in [3.63, 3.8) is 0 Å². The van der Waals surface area contributed by atoms with Gasteiger partial charge in [-0.3, -0.25) is 9.78 Å². The smallest absolute Gasteiger partial charge is 0.217 e. The standard InChI is InChI=1S/C27H26N8O/c1-2-3-15-35-25(29-27(32-35)24(36)16-19-7-5-4-6-8-19)17-20-9-11-21(12-10-20)22-13-14-28-18-23(22)26-30-33-34-31-26/h4-14,18H,2-3,15-17H2,1H3,(H,30,31,33,34). The van der Waals surface area contributed by atoms with Crippen molar-refractivity contribution >= 4 is 5.78 Å². The summed E-state index contributed by atoms with van der Waals surface area (Å²) in [6.07, 6.45) is 6.37. The van der Waals surface area contributed by atoms with Crippen LogP contribution in [-0.2, 0) is 19.4 Å². The highest BCUT2D eigenvalue weighted by molar-refractivity contribution is 5.94. The molecule has 0 spiro atoms. The molecule has 0 atom stereocenters. The summed E-state index contributed by atoms with van der Waals surface area (Å²) in [6.45, 7) is 2.87. The molecule has 9 heteroatoms. The fourth-order valence-corrected chi connectivity index (χ4v) is 4.06. The maximum atomic E-state index is 12.9. The monoisotopic (exact) mass is 478 g/mol. The first-order valence-corrected chi connectivity index (χ1v) is 12.0. The van der Waals surface area contributed by atoms with E-state index in [0.717, 1.165) is 53.0 Å². The van der Waals surface area contributed by atoms with E-state index >= 15 is 0 Å². The van der Waals surface area contributed by atoms with Crippen LogP contribution in [0.5, 0.6) is 0 Å². The van der Waals surface area contributed by atoms with Crippen molar-refractivity contribution in [2.75, 3.05) is 0 Å². The molecule has 0 saturated carbocycles. The van der Waals surface area contributed by atoms with Gasteiger partial charge in [0.2, 0.25) is 17.4 Å². The lowest BCUT2D eigenvalue weighted by molar-refractivity contribution is 0.0982. The number of aromatic nitrogens is 8. The number of aryl methyl sites for hydroxylation is 1. The van der Waals surface area contributed by atoms with E-state index in [0.29, 0.717) is 18.7 Å². The van der Waals surface area contributed by atoms with Gasteiger partial charge in [-0.25, -0.2) is 9.67 Å². The summed E-state index contributed by atoms with van der Waals surface area (Å²) in [5.41, 5.74) is 4.84. The Labute approximate surface area is 208 Å². The highest BCUT2D eigenvalue weighted by atomic mass is 16.1. The van der Waals surface area contributed by atoms with Gasteiger partial charge in [-0.2, -0.15) is 5.21 Å². The average molecular weight is 479 g/mol. The largest absolute Gasteiger partial charge is 0.290 e. The first-order chi connectivity index (χ1) is 17.7. The second-order valence-electron chi connectivity index (χ2n) is 8.54. The van der Waals surface area contributed by atoms with Gasteiger partial charge in [0.25, 0.3) is 0 Å². The van der Waals surface area contributed by atoms with Gasteiger partial charge in [0.1, 0.15) is 5.82 Å². The molecular weight excluding hydrogens is 452 g/mol. The van der Waals surface area contributed by atoms with Crippen LogP contribution in [0.2, 0.25) is 0 Å². The zero-order valence-electron chi connectivity index (χ0n) is 20.0. The van der Waals surface area contributed by atoms with Crippen LogP contribution in [0, 0.1) is 0 Å². The molecule has 0 fully saturated rings. The number of hydrogen-bond donors (Lipinski definition) is 1. The molecule has 36 heavy (non-hydrogen) atoms. The molecule has 180 valence electrons. The van der Waals surface area contributed by atoms with Crippen LogP contribution in [0.25, 0.3) is 22.5 Å². The predicted octanol–water partition coefficient (Wildman–Crippen LogP) is 4.34. The lowest BCUT2D eigenvalue weighted by Gasteiger charge is -2.08. The van der Waals surface area contributed by atoms with Crippen molar-refractivity contribution < 1.29 is 4.79 Å². The highest BCUT2D eigenvalue weighted by Gasteiger charge is 2.17. The molecule has 1 N–H and O–H groups in total. The molecule has 3 aromatic heterocycles. The number of unbranched alkanes of at least 4 members (excludes halogenated alkanes) is 1. The number of nitrogens with one attached hydrogen (secondary N) is 1. The quantitative estimate of drug-likeness (QED) is 0.297. The number of rotatable bonds is 10. The van der Waals surface area contributed by atoms with E-state index in [1.54, 1.807) is 12.4 Å². The normalized spacial score (nSPS) is 11.0. The Hall–Kier alpha value is -4.53. The van der Waals surface area contributed by atoms with E-state index < -0.39 is 0 Å². The number of H-pyrrole nitrogens is 1. The first kappa shape index (κ1) is 23.2. The molecule has 0 aliphatic heterocycles. The number of tetrazole rings is 1. The third-order valence-electron chi connectivity index (χ3n) is 5.96. The molecule has 0 bridgehead atoms. The minimum atomic E-state index is -0.0697. The molecule has 2 aromatic carbocycles.